The Morgan fingerprint density at radius 1 is 1.11 bits per heavy atom. The van der Waals surface area contributed by atoms with E-state index in [1.807, 2.05) is 0 Å². The number of hydrogen-bond donors (Lipinski definition) is 0. The van der Waals surface area contributed by atoms with Crippen LogP contribution in [0.1, 0.15) is 21.8 Å². The number of benzene rings is 1. The summed E-state index contributed by atoms with van der Waals surface area (Å²) in [5.74, 6) is -0.00503. The van der Waals surface area contributed by atoms with Crippen molar-refractivity contribution in [2.45, 2.75) is 13.8 Å². The predicted octanol–water partition coefficient (Wildman–Crippen LogP) is 2.11. The second-order valence-electron chi connectivity index (χ2n) is 6.58. The Morgan fingerprint density at radius 2 is 1.93 bits per heavy atom. The second-order valence-corrected chi connectivity index (χ2v) is 6.58. The van der Waals surface area contributed by atoms with E-state index >= 15 is 0 Å². The molecule has 1 aliphatic rings. The minimum atomic E-state index is -0.252. The summed E-state index contributed by atoms with van der Waals surface area (Å²) in [5.41, 5.74) is 4.17. The summed E-state index contributed by atoms with van der Waals surface area (Å²) in [4.78, 5) is 29.0. The normalized spacial score (nSPS) is 14.4. The Bertz CT molecular complexity index is 948. The molecule has 3 aromatic rings. The summed E-state index contributed by atoms with van der Waals surface area (Å²) in [6.45, 7) is 6.94. The molecule has 1 fully saturated rings. The highest BCUT2D eigenvalue weighted by Gasteiger charge is 2.27. The highest BCUT2D eigenvalue weighted by Crippen LogP contribution is 2.23. The van der Waals surface area contributed by atoms with Gasteiger partial charge in [-0.15, -0.1) is 0 Å². The van der Waals surface area contributed by atoms with Crippen LogP contribution in [-0.4, -0.2) is 57.1 Å². The summed E-state index contributed by atoms with van der Waals surface area (Å²) in [6.07, 6.45) is 4.63. The van der Waals surface area contributed by atoms with Crippen molar-refractivity contribution < 1.29 is 9.32 Å². The number of carbonyl (C=O) groups excluding carboxylic acids is 1. The Kier molecular flexibility index (Phi) is 4.53. The quantitative estimate of drug-likeness (QED) is 0.703. The van der Waals surface area contributed by atoms with Gasteiger partial charge in [-0.25, -0.2) is 4.98 Å². The van der Waals surface area contributed by atoms with Crippen LogP contribution < -0.4 is 4.90 Å². The summed E-state index contributed by atoms with van der Waals surface area (Å²) < 4.78 is 5.15. The van der Waals surface area contributed by atoms with Gasteiger partial charge in [0.1, 0.15) is 5.69 Å². The maximum atomic E-state index is 12.7. The average Bonchev–Trinajstić information content (AvgIpc) is 3.20. The zero-order chi connectivity index (χ0) is 18.8. The molecule has 4 rings (SSSR count). The third kappa shape index (κ3) is 3.51. The van der Waals surface area contributed by atoms with Crippen molar-refractivity contribution in [3.63, 3.8) is 0 Å². The van der Waals surface area contributed by atoms with E-state index in [1.165, 1.54) is 23.0 Å². The van der Waals surface area contributed by atoms with Crippen molar-refractivity contribution in [3.8, 4) is 11.5 Å². The van der Waals surface area contributed by atoms with Gasteiger partial charge in [0.2, 0.25) is 5.82 Å². The smallest absolute Gasteiger partial charge is 0.316 e. The molecule has 1 saturated heterocycles. The Labute approximate surface area is 156 Å². The molecule has 0 spiro atoms. The molecule has 0 saturated carbocycles. The van der Waals surface area contributed by atoms with Gasteiger partial charge in [-0.05, 0) is 31.0 Å². The van der Waals surface area contributed by atoms with Gasteiger partial charge in [-0.1, -0.05) is 17.3 Å². The van der Waals surface area contributed by atoms with E-state index in [1.54, 1.807) is 17.3 Å². The number of nitrogens with zero attached hydrogens (tertiary/aromatic N) is 6. The van der Waals surface area contributed by atoms with Crippen LogP contribution in [0.2, 0.25) is 0 Å². The molecule has 0 bridgehead atoms. The van der Waals surface area contributed by atoms with Gasteiger partial charge in [0.15, 0.2) is 0 Å². The summed E-state index contributed by atoms with van der Waals surface area (Å²) in [5, 5.41) is 3.84. The number of amides is 1. The molecule has 1 aliphatic heterocycles. The van der Waals surface area contributed by atoms with E-state index in [4.69, 9.17) is 4.52 Å². The lowest BCUT2D eigenvalue weighted by atomic mass is 10.1. The standard InChI is InChI=1S/C19H20N6O2/c1-13-3-4-14(2)16(11-13)24-7-9-25(10-8-24)19(26)18-22-17(23-27-18)15-12-20-5-6-21-15/h3-6,11-12H,7-10H2,1-2H3. The van der Waals surface area contributed by atoms with Crippen LogP contribution in [0.15, 0.2) is 41.3 Å². The maximum Gasteiger partial charge on any atom is 0.316 e. The lowest BCUT2D eigenvalue weighted by molar-refractivity contribution is 0.0696. The fourth-order valence-electron chi connectivity index (χ4n) is 3.17. The molecule has 1 aromatic carbocycles. The minimum absolute atomic E-state index is 0.0177. The summed E-state index contributed by atoms with van der Waals surface area (Å²) >= 11 is 0. The first-order chi connectivity index (χ1) is 13.1. The van der Waals surface area contributed by atoms with Crippen LogP contribution in [-0.2, 0) is 0 Å². The van der Waals surface area contributed by atoms with Crippen LogP contribution in [0.4, 0.5) is 5.69 Å². The van der Waals surface area contributed by atoms with E-state index in [2.05, 4.69) is 57.1 Å². The van der Waals surface area contributed by atoms with Gasteiger partial charge in [-0.3, -0.25) is 9.78 Å². The molecule has 27 heavy (non-hydrogen) atoms. The number of hydrogen-bond acceptors (Lipinski definition) is 7. The molecule has 0 N–H and O–H groups in total. The second kappa shape index (κ2) is 7.14. The SMILES string of the molecule is Cc1ccc(C)c(N2CCN(C(=O)c3nc(-c4cnccn4)no3)CC2)c1. The van der Waals surface area contributed by atoms with Gasteiger partial charge in [0, 0.05) is 44.3 Å². The summed E-state index contributed by atoms with van der Waals surface area (Å²) in [6, 6.07) is 6.44. The highest BCUT2D eigenvalue weighted by atomic mass is 16.5. The van der Waals surface area contributed by atoms with Crippen LogP contribution in [0.3, 0.4) is 0 Å². The summed E-state index contributed by atoms with van der Waals surface area (Å²) in [7, 11) is 0. The lowest BCUT2D eigenvalue weighted by Gasteiger charge is -2.36. The fraction of sp³-hybridized carbons (Fsp3) is 0.316. The predicted molar refractivity (Wildman–Crippen MR) is 99.4 cm³/mol. The number of aromatic nitrogens is 4. The van der Waals surface area contributed by atoms with Crippen molar-refractivity contribution in [1.82, 2.24) is 25.0 Å². The number of aryl methyl sites for hydroxylation is 2. The highest BCUT2D eigenvalue weighted by molar-refractivity contribution is 5.90. The van der Waals surface area contributed by atoms with Gasteiger partial charge < -0.3 is 14.3 Å². The lowest BCUT2D eigenvalue weighted by Crippen LogP contribution is -2.49. The number of piperazine rings is 1. The molecule has 1 amide bonds. The van der Waals surface area contributed by atoms with Crippen molar-refractivity contribution in [3.05, 3.63) is 53.8 Å². The van der Waals surface area contributed by atoms with Crippen molar-refractivity contribution in [1.29, 1.82) is 0 Å². The molecule has 138 valence electrons. The zero-order valence-corrected chi connectivity index (χ0v) is 15.3. The Morgan fingerprint density at radius 3 is 2.67 bits per heavy atom. The van der Waals surface area contributed by atoms with Gasteiger partial charge in [0.25, 0.3) is 0 Å². The largest absolute Gasteiger partial charge is 0.368 e. The maximum absolute atomic E-state index is 12.7. The first kappa shape index (κ1) is 17.1. The van der Waals surface area contributed by atoms with Crippen molar-refractivity contribution in [2.24, 2.45) is 0 Å². The molecule has 2 aromatic heterocycles. The zero-order valence-electron chi connectivity index (χ0n) is 15.3. The van der Waals surface area contributed by atoms with Crippen LogP contribution in [0.25, 0.3) is 11.5 Å². The van der Waals surface area contributed by atoms with E-state index in [9.17, 15) is 4.79 Å². The first-order valence-electron chi connectivity index (χ1n) is 8.83. The van der Waals surface area contributed by atoms with Gasteiger partial charge >= 0.3 is 11.8 Å². The monoisotopic (exact) mass is 364 g/mol. The van der Waals surface area contributed by atoms with Crippen LogP contribution in [0, 0.1) is 13.8 Å². The van der Waals surface area contributed by atoms with Crippen molar-refractivity contribution in [2.75, 3.05) is 31.1 Å². The molecule has 0 radical (unpaired) electrons. The topological polar surface area (TPSA) is 88.2 Å². The third-order valence-electron chi connectivity index (χ3n) is 4.67. The number of carbonyl (C=O) groups is 1. The van der Waals surface area contributed by atoms with E-state index in [0.29, 0.717) is 18.8 Å². The molecule has 0 aliphatic carbocycles. The number of rotatable bonds is 3. The molecule has 0 unspecified atom stereocenters. The van der Waals surface area contributed by atoms with Crippen LogP contribution in [0.5, 0.6) is 0 Å². The number of anilines is 1. The molecule has 8 nitrogen and oxygen atoms in total. The first-order valence-corrected chi connectivity index (χ1v) is 8.83. The van der Waals surface area contributed by atoms with Gasteiger partial charge in [0.05, 0.1) is 6.20 Å². The fourth-order valence-corrected chi connectivity index (χ4v) is 3.17. The molecular formula is C19H20N6O2. The molecular weight excluding hydrogens is 344 g/mol. The van der Waals surface area contributed by atoms with E-state index in [-0.39, 0.29) is 17.6 Å². The van der Waals surface area contributed by atoms with E-state index in [0.717, 1.165) is 13.1 Å². The van der Waals surface area contributed by atoms with Crippen molar-refractivity contribution >= 4 is 11.6 Å². The van der Waals surface area contributed by atoms with Crippen LogP contribution >= 0.6 is 0 Å². The Hall–Kier alpha value is -3.29. The molecule has 8 heteroatoms. The van der Waals surface area contributed by atoms with Gasteiger partial charge in [-0.2, -0.15) is 4.98 Å². The minimum Gasteiger partial charge on any atom is -0.368 e. The Balaban J connectivity index is 1.43. The average molecular weight is 364 g/mol. The molecule has 3 heterocycles. The van der Waals surface area contributed by atoms with E-state index < -0.39 is 0 Å². The third-order valence-corrected chi connectivity index (χ3v) is 4.67. The molecule has 0 atom stereocenters.